The first-order chi connectivity index (χ1) is 28.8. The van der Waals surface area contributed by atoms with Gasteiger partial charge in [-0.05, 0) is 72.1 Å². The molecule has 0 bridgehead atoms. The van der Waals surface area contributed by atoms with Crippen molar-refractivity contribution in [2.75, 3.05) is 0 Å². The maximum atomic E-state index is 5.52. The molecule has 12 rings (SSSR count). The Kier molecular flexibility index (Phi) is 7.41. The number of nitrogens with zero attached hydrogens (tertiary/aromatic N) is 2. The van der Waals surface area contributed by atoms with E-state index in [0.29, 0.717) is 5.82 Å². The SMILES string of the molecule is c1ccc(-c2ccc(-c3nc(-c4ccccc4)cc(-c4cccc5c4C4(c6ccccc6-5)c5ccc6ccccc6c5Sc5c4ccc4ccccc54)n3)cc2)cc1. The van der Waals surface area contributed by atoms with Crippen molar-refractivity contribution in [3.63, 3.8) is 0 Å². The van der Waals surface area contributed by atoms with Gasteiger partial charge in [0.1, 0.15) is 0 Å². The van der Waals surface area contributed by atoms with Crippen molar-refractivity contribution in [2.24, 2.45) is 0 Å². The lowest BCUT2D eigenvalue weighted by Crippen LogP contribution is -2.32. The Morgan fingerprint density at radius 3 is 1.55 bits per heavy atom. The molecular formula is C55H34N2S. The molecule has 0 radical (unpaired) electrons. The van der Waals surface area contributed by atoms with Crippen LogP contribution in [-0.4, -0.2) is 9.97 Å². The zero-order valence-corrected chi connectivity index (χ0v) is 32.2. The molecule has 1 aromatic heterocycles. The Morgan fingerprint density at radius 1 is 0.345 bits per heavy atom. The molecule has 0 saturated carbocycles. The minimum Gasteiger partial charge on any atom is -0.228 e. The number of hydrogen-bond acceptors (Lipinski definition) is 3. The topological polar surface area (TPSA) is 25.8 Å². The van der Waals surface area contributed by atoms with Crippen molar-refractivity contribution in [1.29, 1.82) is 0 Å². The van der Waals surface area contributed by atoms with E-state index in [2.05, 4.69) is 206 Å². The largest absolute Gasteiger partial charge is 0.228 e. The molecule has 2 nitrogen and oxygen atoms in total. The summed E-state index contributed by atoms with van der Waals surface area (Å²) in [6, 6.07) is 74.9. The summed E-state index contributed by atoms with van der Waals surface area (Å²) in [6.07, 6.45) is 0. The van der Waals surface area contributed by atoms with Crippen LogP contribution in [0.3, 0.4) is 0 Å². The van der Waals surface area contributed by atoms with Crippen molar-refractivity contribution < 1.29 is 0 Å². The summed E-state index contributed by atoms with van der Waals surface area (Å²) >= 11 is 1.93. The Labute approximate surface area is 341 Å². The van der Waals surface area contributed by atoms with E-state index in [-0.39, 0.29) is 0 Å². The van der Waals surface area contributed by atoms with Gasteiger partial charge in [0.05, 0.1) is 16.8 Å². The minimum atomic E-state index is -0.609. The number of benzene rings is 9. The highest BCUT2D eigenvalue weighted by molar-refractivity contribution is 8.00. The molecule has 10 aromatic rings. The Morgan fingerprint density at radius 2 is 0.862 bits per heavy atom. The van der Waals surface area contributed by atoms with E-state index in [1.807, 2.05) is 11.8 Å². The smallest absolute Gasteiger partial charge is 0.160 e. The average molecular weight is 755 g/mol. The summed E-state index contributed by atoms with van der Waals surface area (Å²) in [5, 5.41) is 5.05. The number of fused-ring (bicyclic) bond motifs is 13. The van der Waals surface area contributed by atoms with Crippen LogP contribution in [0.2, 0.25) is 0 Å². The molecule has 0 saturated heterocycles. The zero-order chi connectivity index (χ0) is 38.2. The van der Waals surface area contributed by atoms with Gasteiger partial charge in [-0.25, -0.2) is 9.97 Å². The quantitative estimate of drug-likeness (QED) is 0.179. The first kappa shape index (κ1) is 33.1. The second kappa shape index (κ2) is 13.0. The van der Waals surface area contributed by atoms with Gasteiger partial charge in [0.2, 0.25) is 0 Å². The van der Waals surface area contributed by atoms with E-state index in [1.165, 1.54) is 70.3 Å². The first-order valence-electron chi connectivity index (χ1n) is 19.8. The molecule has 0 unspecified atom stereocenters. The molecule has 0 amide bonds. The number of aromatic nitrogens is 2. The highest BCUT2D eigenvalue weighted by atomic mass is 32.2. The minimum absolute atomic E-state index is 0.609. The fourth-order valence-corrected chi connectivity index (χ4v) is 11.0. The van der Waals surface area contributed by atoms with E-state index in [1.54, 1.807) is 0 Å². The predicted molar refractivity (Wildman–Crippen MR) is 240 cm³/mol. The lowest BCUT2D eigenvalue weighted by Gasteiger charge is -2.41. The van der Waals surface area contributed by atoms with Gasteiger partial charge in [-0.15, -0.1) is 0 Å². The fourth-order valence-electron chi connectivity index (χ4n) is 9.59. The van der Waals surface area contributed by atoms with Crippen LogP contribution in [0.15, 0.2) is 216 Å². The van der Waals surface area contributed by atoms with Crippen LogP contribution < -0.4 is 0 Å². The molecule has 2 heterocycles. The summed E-state index contributed by atoms with van der Waals surface area (Å²) in [4.78, 5) is 13.4. The molecule has 1 aliphatic heterocycles. The summed E-state index contributed by atoms with van der Waals surface area (Å²) < 4.78 is 0. The molecule has 0 N–H and O–H groups in total. The molecule has 3 heteroatoms. The first-order valence-corrected chi connectivity index (χ1v) is 20.6. The highest BCUT2D eigenvalue weighted by Crippen LogP contribution is 2.65. The molecule has 1 aliphatic carbocycles. The van der Waals surface area contributed by atoms with Crippen LogP contribution in [-0.2, 0) is 5.41 Å². The zero-order valence-electron chi connectivity index (χ0n) is 31.4. The van der Waals surface area contributed by atoms with Crippen molar-refractivity contribution in [3.8, 4) is 56.2 Å². The van der Waals surface area contributed by atoms with Gasteiger partial charge in [-0.1, -0.05) is 212 Å². The van der Waals surface area contributed by atoms with Crippen molar-refractivity contribution in [3.05, 3.63) is 229 Å². The van der Waals surface area contributed by atoms with Crippen molar-refractivity contribution in [1.82, 2.24) is 9.97 Å². The molecule has 0 atom stereocenters. The van der Waals surface area contributed by atoms with Gasteiger partial charge < -0.3 is 0 Å². The van der Waals surface area contributed by atoms with Crippen LogP contribution in [0, 0.1) is 0 Å². The molecule has 1 spiro atoms. The monoisotopic (exact) mass is 754 g/mol. The van der Waals surface area contributed by atoms with Crippen molar-refractivity contribution in [2.45, 2.75) is 15.2 Å². The lowest BCUT2D eigenvalue weighted by molar-refractivity contribution is 0.730. The van der Waals surface area contributed by atoms with E-state index >= 15 is 0 Å². The molecule has 2 aliphatic rings. The highest BCUT2D eigenvalue weighted by Gasteiger charge is 2.52. The van der Waals surface area contributed by atoms with Crippen LogP contribution in [0.5, 0.6) is 0 Å². The summed E-state index contributed by atoms with van der Waals surface area (Å²) in [5.41, 5.74) is 14.4. The maximum Gasteiger partial charge on any atom is 0.160 e. The Balaban J connectivity index is 1.17. The Bertz CT molecular complexity index is 3160. The third-order valence-electron chi connectivity index (χ3n) is 12.2. The van der Waals surface area contributed by atoms with Gasteiger partial charge in [-0.2, -0.15) is 0 Å². The lowest BCUT2D eigenvalue weighted by atomic mass is 9.65. The van der Waals surface area contributed by atoms with Crippen molar-refractivity contribution >= 4 is 33.3 Å². The summed E-state index contributed by atoms with van der Waals surface area (Å²) in [5.74, 6) is 0.704. The third kappa shape index (κ3) is 4.87. The second-order valence-corrected chi connectivity index (χ2v) is 16.2. The summed E-state index contributed by atoms with van der Waals surface area (Å²) in [6.45, 7) is 0. The van der Waals surface area contributed by atoms with Crippen LogP contribution in [0.1, 0.15) is 22.3 Å². The van der Waals surface area contributed by atoms with E-state index in [9.17, 15) is 0 Å². The maximum absolute atomic E-state index is 5.52. The fraction of sp³-hybridized carbons (Fsp3) is 0.0182. The average Bonchev–Trinajstić information content (AvgIpc) is 3.60. The standard InChI is InChI=1S/C55H34N2S/c1-3-14-35(15-4-1)36-26-28-40(29-27-36)54-56-49(39-18-5-2-6-19-39)34-50(57-54)45-24-13-23-44-43-22-11-12-25-46(43)55(51(44)45)47-32-30-37-16-7-9-20-41(37)52(47)58-53-42-21-10-8-17-38(42)31-33-48(53)55/h1-34H. The Hall–Kier alpha value is -7.07. The van der Waals surface area contributed by atoms with Gasteiger partial charge in [0.25, 0.3) is 0 Å². The summed E-state index contributed by atoms with van der Waals surface area (Å²) in [7, 11) is 0. The predicted octanol–water partition coefficient (Wildman–Crippen LogP) is 14.3. The van der Waals surface area contributed by atoms with Crippen LogP contribution >= 0.6 is 11.8 Å². The molecule has 9 aromatic carbocycles. The molecular weight excluding hydrogens is 721 g/mol. The molecule has 270 valence electrons. The third-order valence-corrected chi connectivity index (χ3v) is 13.4. The molecule has 58 heavy (non-hydrogen) atoms. The van der Waals surface area contributed by atoms with E-state index in [4.69, 9.17) is 9.97 Å². The van der Waals surface area contributed by atoms with E-state index < -0.39 is 5.41 Å². The normalized spacial score (nSPS) is 13.2. The van der Waals surface area contributed by atoms with E-state index in [0.717, 1.165) is 33.6 Å². The molecule has 0 fully saturated rings. The van der Waals surface area contributed by atoms with Gasteiger partial charge in [0.15, 0.2) is 5.82 Å². The van der Waals surface area contributed by atoms with Gasteiger partial charge in [0, 0.05) is 26.5 Å². The number of rotatable bonds is 4. The van der Waals surface area contributed by atoms with Crippen LogP contribution in [0.4, 0.5) is 0 Å². The van der Waals surface area contributed by atoms with Crippen LogP contribution in [0.25, 0.3) is 77.7 Å². The number of hydrogen-bond donors (Lipinski definition) is 0. The van der Waals surface area contributed by atoms with Gasteiger partial charge >= 0.3 is 0 Å². The second-order valence-electron chi connectivity index (χ2n) is 15.2. The van der Waals surface area contributed by atoms with Gasteiger partial charge in [-0.3, -0.25) is 0 Å².